The molecule has 0 aromatic carbocycles. The average molecular weight is 182 g/mol. The Labute approximate surface area is 80.7 Å². The largest absolute Gasteiger partial charge is 0.334 e. The fourth-order valence-electron chi connectivity index (χ4n) is 1.04. The van der Waals surface area contributed by atoms with Gasteiger partial charge in [0.05, 0.1) is 13.1 Å². The van der Waals surface area contributed by atoms with Crippen molar-refractivity contribution < 1.29 is 4.79 Å². The molecule has 13 heavy (non-hydrogen) atoms. The summed E-state index contributed by atoms with van der Waals surface area (Å²) in [7, 11) is 3.66. The molecule has 0 aromatic heterocycles. The zero-order chi connectivity index (χ0) is 10.3. The summed E-state index contributed by atoms with van der Waals surface area (Å²) < 4.78 is 0. The first kappa shape index (κ1) is 12.0. The highest BCUT2D eigenvalue weighted by Crippen LogP contribution is 1.90. The van der Waals surface area contributed by atoms with Crippen LogP contribution in [0.1, 0.15) is 13.3 Å². The summed E-state index contributed by atoms with van der Waals surface area (Å²) in [4.78, 5) is 15.0. The van der Waals surface area contributed by atoms with E-state index in [1.54, 1.807) is 11.9 Å². The topological polar surface area (TPSA) is 23.6 Å². The summed E-state index contributed by atoms with van der Waals surface area (Å²) in [6.45, 7) is 3.87. The maximum atomic E-state index is 11.4. The highest BCUT2D eigenvalue weighted by atomic mass is 16.2. The first-order valence-electron chi connectivity index (χ1n) is 4.47. The highest BCUT2D eigenvalue weighted by Gasteiger charge is 2.09. The normalized spacial score (nSPS) is 9.77. The second-order valence-corrected chi connectivity index (χ2v) is 3.19. The molecule has 0 heterocycles. The zero-order valence-electron chi connectivity index (χ0n) is 8.71. The Balaban J connectivity index is 3.79. The molecule has 0 spiro atoms. The zero-order valence-corrected chi connectivity index (χ0v) is 8.71. The lowest BCUT2D eigenvalue weighted by Crippen LogP contribution is -2.37. The van der Waals surface area contributed by atoms with Gasteiger partial charge in [0, 0.05) is 7.05 Å². The van der Waals surface area contributed by atoms with Gasteiger partial charge in [0.15, 0.2) is 0 Å². The first-order valence-corrected chi connectivity index (χ1v) is 4.47. The van der Waals surface area contributed by atoms with E-state index in [1.165, 1.54) is 0 Å². The van der Waals surface area contributed by atoms with Crippen LogP contribution in [0.25, 0.3) is 0 Å². The van der Waals surface area contributed by atoms with Gasteiger partial charge in [-0.25, -0.2) is 0 Å². The maximum Gasteiger partial charge on any atom is 0.237 e. The first-order chi connectivity index (χ1) is 6.11. The Bertz CT molecular complexity index is 196. The van der Waals surface area contributed by atoms with Crippen molar-refractivity contribution in [1.82, 2.24) is 9.80 Å². The fraction of sp³-hybridized carbons (Fsp3) is 0.700. The Hall–Kier alpha value is -1.01. The van der Waals surface area contributed by atoms with Gasteiger partial charge in [-0.2, -0.15) is 0 Å². The van der Waals surface area contributed by atoms with Crippen LogP contribution in [-0.2, 0) is 4.79 Å². The summed E-state index contributed by atoms with van der Waals surface area (Å²) in [5.41, 5.74) is 0. The van der Waals surface area contributed by atoms with Crippen molar-refractivity contribution in [3.63, 3.8) is 0 Å². The summed E-state index contributed by atoms with van der Waals surface area (Å²) in [6.07, 6.45) is 6.16. The standard InChI is InChI=1S/C10H18N2O/c1-5-7-11(3)9-10(13)12(4)8-6-2/h2H,5,7-9H2,1,3-4H3. The minimum atomic E-state index is 0.0777. The summed E-state index contributed by atoms with van der Waals surface area (Å²) in [5.74, 6) is 2.52. The monoisotopic (exact) mass is 182 g/mol. The van der Waals surface area contributed by atoms with Crippen molar-refractivity contribution in [1.29, 1.82) is 0 Å². The maximum absolute atomic E-state index is 11.4. The molecule has 0 rings (SSSR count). The van der Waals surface area contributed by atoms with E-state index in [0.29, 0.717) is 13.1 Å². The molecular weight excluding hydrogens is 164 g/mol. The third kappa shape index (κ3) is 5.26. The van der Waals surface area contributed by atoms with Gasteiger partial charge in [0.25, 0.3) is 0 Å². The molecule has 3 nitrogen and oxygen atoms in total. The molecule has 0 N–H and O–H groups in total. The highest BCUT2D eigenvalue weighted by molar-refractivity contribution is 5.78. The van der Waals surface area contributed by atoms with Gasteiger partial charge in [-0.1, -0.05) is 12.8 Å². The van der Waals surface area contributed by atoms with Gasteiger partial charge in [0.1, 0.15) is 0 Å². The smallest absolute Gasteiger partial charge is 0.237 e. The van der Waals surface area contributed by atoms with Crippen LogP contribution in [0.2, 0.25) is 0 Å². The van der Waals surface area contributed by atoms with Crippen molar-refractivity contribution in [3.05, 3.63) is 0 Å². The molecule has 3 heteroatoms. The van der Waals surface area contributed by atoms with Crippen molar-refractivity contribution in [2.24, 2.45) is 0 Å². The van der Waals surface area contributed by atoms with E-state index in [2.05, 4.69) is 12.8 Å². The molecule has 0 fully saturated rings. The summed E-state index contributed by atoms with van der Waals surface area (Å²) in [6, 6.07) is 0. The van der Waals surface area contributed by atoms with E-state index in [4.69, 9.17) is 6.42 Å². The number of carbonyl (C=O) groups is 1. The molecule has 0 aliphatic carbocycles. The van der Waals surface area contributed by atoms with Gasteiger partial charge in [-0.15, -0.1) is 6.42 Å². The van der Waals surface area contributed by atoms with Crippen molar-refractivity contribution >= 4 is 5.91 Å². The van der Waals surface area contributed by atoms with E-state index < -0.39 is 0 Å². The summed E-state index contributed by atoms with van der Waals surface area (Å²) in [5, 5.41) is 0. The second kappa shape index (κ2) is 6.50. The lowest BCUT2D eigenvalue weighted by molar-refractivity contribution is -0.130. The molecule has 0 saturated heterocycles. The summed E-state index contributed by atoms with van der Waals surface area (Å²) >= 11 is 0. The van der Waals surface area contributed by atoms with Crippen LogP contribution in [0, 0.1) is 12.3 Å². The Morgan fingerprint density at radius 1 is 1.46 bits per heavy atom. The molecular formula is C10H18N2O. The number of terminal acetylenes is 1. The molecule has 1 amide bonds. The van der Waals surface area contributed by atoms with Crippen LogP contribution >= 0.6 is 0 Å². The lowest BCUT2D eigenvalue weighted by atomic mass is 10.4. The minimum absolute atomic E-state index is 0.0777. The van der Waals surface area contributed by atoms with E-state index in [9.17, 15) is 4.79 Å². The fourth-order valence-corrected chi connectivity index (χ4v) is 1.04. The molecule has 0 saturated carbocycles. The van der Waals surface area contributed by atoms with Crippen LogP contribution < -0.4 is 0 Å². The molecule has 0 aliphatic rings. The van der Waals surface area contributed by atoms with Crippen molar-refractivity contribution in [3.8, 4) is 12.3 Å². The van der Waals surface area contributed by atoms with Crippen LogP contribution in [0.3, 0.4) is 0 Å². The number of carbonyl (C=O) groups excluding carboxylic acids is 1. The third-order valence-electron chi connectivity index (χ3n) is 1.76. The van der Waals surface area contributed by atoms with Crippen LogP contribution in [0.4, 0.5) is 0 Å². The van der Waals surface area contributed by atoms with E-state index in [-0.39, 0.29) is 5.91 Å². The molecule has 0 unspecified atom stereocenters. The van der Waals surface area contributed by atoms with Crippen LogP contribution in [-0.4, -0.2) is 49.4 Å². The SMILES string of the molecule is C#CCN(C)C(=O)CN(C)CCC. The predicted molar refractivity (Wildman–Crippen MR) is 54.3 cm³/mol. The van der Waals surface area contributed by atoms with Crippen LogP contribution in [0.5, 0.6) is 0 Å². The number of nitrogens with zero attached hydrogens (tertiary/aromatic N) is 2. The molecule has 0 aromatic rings. The second-order valence-electron chi connectivity index (χ2n) is 3.19. The van der Waals surface area contributed by atoms with E-state index >= 15 is 0 Å². The van der Waals surface area contributed by atoms with Gasteiger partial charge >= 0.3 is 0 Å². The molecule has 0 atom stereocenters. The molecule has 0 radical (unpaired) electrons. The Kier molecular flexibility index (Phi) is 5.99. The molecule has 74 valence electrons. The van der Waals surface area contributed by atoms with E-state index in [1.807, 2.05) is 11.9 Å². The van der Waals surface area contributed by atoms with Crippen molar-refractivity contribution in [2.75, 3.05) is 33.7 Å². The number of amides is 1. The van der Waals surface area contributed by atoms with Crippen molar-refractivity contribution in [2.45, 2.75) is 13.3 Å². The average Bonchev–Trinajstić information content (AvgIpc) is 2.05. The predicted octanol–water partition coefficient (Wildman–Crippen LogP) is 0.420. The van der Waals surface area contributed by atoms with Gasteiger partial charge < -0.3 is 4.90 Å². The third-order valence-corrected chi connectivity index (χ3v) is 1.76. The molecule has 0 bridgehead atoms. The number of hydrogen-bond donors (Lipinski definition) is 0. The molecule has 0 aliphatic heterocycles. The lowest BCUT2D eigenvalue weighted by Gasteiger charge is -2.19. The Morgan fingerprint density at radius 3 is 2.54 bits per heavy atom. The van der Waals surface area contributed by atoms with Gasteiger partial charge in [-0.05, 0) is 20.0 Å². The van der Waals surface area contributed by atoms with Crippen LogP contribution in [0.15, 0.2) is 0 Å². The van der Waals surface area contributed by atoms with Gasteiger partial charge in [0.2, 0.25) is 5.91 Å². The van der Waals surface area contributed by atoms with E-state index in [0.717, 1.165) is 13.0 Å². The minimum Gasteiger partial charge on any atom is -0.334 e. The van der Waals surface area contributed by atoms with Gasteiger partial charge in [-0.3, -0.25) is 9.69 Å². The number of rotatable bonds is 5. The number of likely N-dealkylation sites (N-methyl/N-ethyl adjacent to an activating group) is 2. The number of hydrogen-bond acceptors (Lipinski definition) is 2. The Morgan fingerprint density at radius 2 is 2.08 bits per heavy atom. The quantitative estimate of drug-likeness (QED) is 0.575.